The maximum atomic E-state index is 13.9. The third-order valence-corrected chi connectivity index (χ3v) is 8.88. The zero-order chi connectivity index (χ0) is 42.3. The molecule has 3 aromatic rings. The number of amides is 4. The Labute approximate surface area is 340 Å². The summed E-state index contributed by atoms with van der Waals surface area (Å²) in [7, 11) is 0. The van der Waals surface area contributed by atoms with Crippen molar-refractivity contribution in [3.63, 3.8) is 0 Å². The van der Waals surface area contributed by atoms with Gasteiger partial charge < -0.3 is 40.2 Å². The van der Waals surface area contributed by atoms with Crippen LogP contribution in [0.15, 0.2) is 78.9 Å². The molecule has 0 spiro atoms. The van der Waals surface area contributed by atoms with Crippen molar-refractivity contribution in [1.82, 2.24) is 21.3 Å². The predicted molar refractivity (Wildman–Crippen MR) is 216 cm³/mol. The van der Waals surface area contributed by atoms with E-state index in [1.165, 1.54) is 0 Å². The molecule has 2 atom stereocenters. The highest BCUT2D eigenvalue weighted by molar-refractivity contribution is 5.92. The van der Waals surface area contributed by atoms with Crippen LogP contribution in [0.4, 0.5) is 9.59 Å². The number of fused-ring (bicyclic) bond motifs is 3. The van der Waals surface area contributed by atoms with Gasteiger partial charge in [-0.3, -0.25) is 19.2 Å². The second kappa shape index (κ2) is 21.0. The molecule has 2 unspecified atom stereocenters. The lowest BCUT2D eigenvalue weighted by Gasteiger charge is -2.24. The maximum absolute atomic E-state index is 13.9. The molecular weight excluding hydrogens is 745 g/mol. The fourth-order valence-corrected chi connectivity index (χ4v) is 6.30. The normalized spacial score (nSPS) is 13.1. The molecular formula is C44H56N4O10. The van der Waals surface area contributed by atoms with E-state index in [1.807, 2.05) is 54.6 Å². The number of carbonyl (C=O) groups is 6. The Hall–Kier alpha value is -5.92. The van der Waals surface area contributed by atoms with Crippen molar-refractivity contribution in [3.8, 4) is 11.1 Å². The topological polar surface area (TPSA) is 187 Å². The zero-order valence-electron chi connectivity index (χ0n) is 34.2. The van der Waals surface area contributed by atoms with Crippen LogP contribution in [-0.2, 0) is 44.7 Å². The van der Waals surface area contributed by atoms with E-state index in [2.05, 4.69) is 21.3 Å². The number of rotatable bonds is 18. The van der Waals surface area contributed by atoms with Crippen molar-refractivity contribution >= 4 is 35.9 Å². The Kier molecular flexibility index (Phi) is 16.2. The van der Waals surface area contributed by atoms with Gasteiger partial charge in [-0.15, -0.1) is 0 Å². The van der Waals surface area contributed by atoms with Crippen LogP contribution in [0.3, 0.4) is 0 Å². The van der Waals surface area contributed by atoms with Crippen molar-refractivity contribution in [3.05, 3.63) is 95.6 Å². The Morgan fingerprint density at radius 1 is 0.603 bits per heavy atom. The quantitative estimate of drug-likeness (QED) is 0.0670. The van der Waals surface area contributed by atoms with Gasteiger partial charge in [0.25, 0.3) is 0 Å². The molecule has 3 aromatic carbocycles. The summed E-state index contributed by atoms with van der Waals surface area (Å²) in [6.07, 6.45) is -0.898. The summed E-state index contributed by atoms with van der Waals surface area (Å²) in [4.78, 5) is 78.1. The van der Waals surface area contributed by atoms with Crippen molar-refractivity contribution in [1.29, 1.82) is 0 Å². The second-order valence-corrected chi connectivity index (χ2v) is 16.0. The Morgan fingerprint density at radius 3 is 1.81 bits per heavy atom. The van der Waals surface area contributed by atoms with E-state index in [1.54, 1.807) is 65.8 Å². The lowest BCUT2D eigenvalue weighted by molar-refractivity contribution is -0.155. The number of ether oxygens (including phenoxy) is 4. The summed E-state index contributed by atoms with van der Waals surface area (Å²) in [5, 5.41) is 10.5. The number of hydrogen-bond donors (Lipinski definition) is 4. The van der Waals surface area contributed by atoms with Crippen molar-refractivity contribution in [2.45, 2.75) is 109 Å². The van der Waals surface area contributed by atoms with Crippen molar-refractivity contribution in [2.24, 2.45) is 0 Å². The molecule has 0 radical (unpaired) electrons. The van der Waals surface area contributed by atoms with Gasteiger partial charge in [-0.2, -0.15) is 0 Å². The molecule has 0 saturated carbocycles. The SMILES string of the molecule is CC(C)(C)OC(=O)CCC(NC(=O)C(CCCCNC(=O)OC(C)(C)C)NC(=O)OCC1c2ccccc2-c2ccccc21)C(=O)NCC(=O)OCc1ccccc1. The minimum Gasteiger partial charge on any atom is -0.460 e. The molecule has 1 aliphatic rings. The molecule has 4 rings (SSSR count). The fourth-order valence-electron chi connectivity index (χ4n) is 6.30. The minimum atomic E-state index is -1.29. The molecule has 58 heavy (non-hydrogen) atoms. The number of esters is 2. The molecule has 4 amide bonds. The van der Waals surface area contributed by atoms with Gasteiger partial charge in [0.15, 0.2) is 0 Å². The molecule has 1 aliphatic carbocycles. The number of hydrogen-bond acceptors (Lipinski definition) is 10. The molecule has 0 aliphatic heterocycles. The Morgan fingerprint density at radius 2 is 1.19 bits per heavy atom. The third-order valence-electron chi connectivity index (χ3n) is 8.88. The van der Waals surface area contributed by atoms with Crippen LogP contribution >= 0.6 is 0 Å². The van der Waals surface area contributed by atoms with E-state index < -0.39 is 65.8 Å². The molecule has 14 nitrogen and oxygen atoms in total. The Bertz CT molecular complexity index is 1840. The smallest absolute Gasteiger partial charge is 0.407 e. The van der Waals surface area contributed by atoms with E-state index in [-0.39, 0.29) is 44.9 Å². The molecule has 4 N–H and O–H groups in total. The predicted octanol–water partition coefficient (Wildman–Crippen LogP) is 6.06. The number of carbonyl (C=O) groups excluding carboxylic acids is 6. The summed E-state index contributed by atoms with van der Waals surface area (Å²) in [5.74, 6) is -2.97. The summed E-state index contributed by atoms with van der Waals surface area (Å²) in [6.45, 7) is 10.2. The van der Waals surface area contributed by atoms with Gasteiger partial charge in [0, 0.05) is 18.9 Å². The number of nitrogens with one attached hydrogen (secondary N) is 4. The van der Waals surface area contributed by atoms with E-state index in [9.17, 15) is 28.8 Å². The average Bonchev–Trinajstić information content (AvgIpc) is 3.48. The van der Waals surface area contributed by atoms with Crippen LogP contribution in [0.2, 0.25) is 0 Å². The van der Waals surface area contributed by atoms with Crippen LogP contribution in [0, 0.1) is 0 Å². The Balaban J connectivity index is 1.43. The van der Waals surface area contributed by atoms with Gasteiger partial charge in [-0.05, 0) is 95.0 Å². The van der Waals surface area contributed by atoms with Crippen LogP contribution in [0.5, 0.6) is 0 Å². The van der Waals surface area contributed by atoms with E-state index in [4.69, 9.17) is 18.9 Å². The highest BCUT2D eigenvalue weighted by atomic mass is 16.6. The summed E-state index contributed by atoms with van der Waals surface area (Å²) in [5.41, 5.74) is 3.47. The monoisotopic (exact) mass is 800 g/mol. The van der Waals surface area contributed by atoms with E-state index >= 15 is 0 Å². The maximum Gasteiger partial charge on any atom is 0.407 e. The lowest BCUT2D eigenvalue weighted by Crippen LogP contribution is -2.54. The van der Waals surface area contributed by atoms with Gasteiger partial charge in [0.1, 0.15) is 43.0 Å². The third kappa shape index (κ3) is 14.9. The summed E-state index contributed by atoms with van der Waals surface area (Å²) in [6, 6.07) is 22.4. The van der Waals surface area contributed by atoms with Crippen LogP contribution in [0.1, 0.15) is 96.3 Å². The van der Waals surface area contributed by atoms with Crippen LogP contribution in [0.25, 0.3) is 11.1 Å². The summed E-state index contributed by atoms with van der Waals surface area (Å²) < 4.78 is 21.7. The number of unbranched alkanes of at least 4 members (excludes halogenated alkanes) is 1. The van der Waals surface area contributed by atoms with Gasteiger partial charge in [0.2, 0.25) is 11.8 Å². The minimum absolute atomic E-state index is 0.00483. The number of benzene rings is 3. The van der Waals surface area contributed by atoms with Gasteiger partial charge >= 0.3 is 24.1 Å². The zero-order valence-corrected chi connectivity index (χ0v) is 34.2. The first kappa shape index (κ1) is 44.8. The molecule has 0 fully saturated rings. The lowest BCUT2D eigenvalue weighted by atomic mass is 9.98. The first-order valence-electron chi connectivity index (χ1n) is 19.6. The van der Waals surface area contributed by atoms with Crippen LogP contribution in [-0.4, -0.2) is 78.9 Å². The molecule has 0 aromatic heterocycles. The van der Waals surface area contributed by atoms with Gasteiger partial charge in [-0.1, -0.05) is 78.9 Å². The fraction of sp³-hybridized carbons (Fsp3) is 0.455. The number of alkyl carbamates (subject to hydrolysis) is 2. The van der Waals surface area contributed by atoms with Gasteiger partial charge in [0.05, 0.1) is 0 Å². The molecule has 312 valence electrons. The highest BCUT2D eigenvalue weighted by Crippen LogP contribution is 2.44. The largest absolute Gasteiger partial charge is 0.460 e. The molecule has 0 saturated heterocycles. The molecule has 0 bridgehead atoms. The molecule has 14 heteroatoms. The van der Waals surface area contributed by atoms with E-state index in [0.29, 0.717) is 12.8 Å². The van der Waals surface area contributed by atoms with E-state index in [0.717, 1.165) is 27.8 Å². The summed E-state index contributed by atoms with van der Waals surface area (Å²) >= 11 is 0. The average molecular weight is 801 g/mol. The highest BCUT2D eigenvalue weighted by Gasteiger charge is 2.31. The second-order valence-electron chi connectivity index (χ2n) is 16.0. The van der Waals surface area contributed by atoms with Crippen molar-refractivity contribution < 1.29 is 47.7 Å². The van der Waals surface area contributed by atoms with Crippen molar-refractivity contribution in [2.75, 3.05) is 19.7 Å². The van der Waals surface area contributed by atoms with Crippen LogP contribution < -0.4 is 21.3 Å². The first-order valence-corrected chi connectivity index (χ1v) is 19.6. The molecule has 0 heterocycles. The first-order chi connectivity index (χ1) is 27.5. The standard InChI is InChI=1S/C44H56N4O10/c1-43(2,3)57-37(49)24-23-36(39(51)46-26-38(50)55-27-29-16-8-7-9-17-29)47-40(52)35(22-14-15-25-45-41(53)58-44(4,5)6)48-42(54)56-28-34-32-20-12-10-18-30(32)31-19-11-13-21-33(31)34/h7-13,16-21,34-36H,14-15,22-28H2,1-6H3,(H,45,53)(H,46,51)(H,47,52)(H,48,54). The van der Waals surface area contributed by atoms with Gasteiger partial charge in [-0.25, -0.2) is 9.59 Å².